The standard InChI is InChI=1S/C14H19N5O/c1-10(16-13(20)8-11-5-6-15-9-11)14-18-17-12-4-2-3-7-19(12)14/h2-4,7,10-11,15H,5-6,8-9H2,1H3,(H,16,20). The van der Waals surface area contributed by atoms with Gasteiger partial charge in [-0.05, 0) is 44.5 Å². The minimum absolute atomic E-state index is 0.0823. The molecular formula is C14H19N5O. The van der Waals surface area contributed by atoms with Gasteiger partial charge in [0.05, 0.1) is 6.04 Å². The third kappa shape index (κ3) is 2.65. The Kier molecular flexibility index (Phi) is 3.64. The first-order valence-corrected chi connectivity index (χ1v) is 7.04. The van der Waals surface area contributed by atoms with Crippen molar-refractivity contribution in [1.82, 2.24) is 25.2 Å². The van der Waals surface area contributed by atoms with E-state index >= 15 is 0 Å². The largest absolute Gasteiger partial charge is 0.346 e. The van der Waals surface area contributed by atoms with Crippen molar-refractivity contribution in [2.24, 2.45) is 5.92 Å². The Bertz CT molecular complexity index is 602. The van der Waals surface area contributed by atoms with Crippen LogP contribution in [0.25, 0.3) is 5.65 Å². The van der Waals surface area contributed by atoms with Crippen LogP contribution >= 0.6 is 0 Å². The van der Waals surface area contributed by atoms with Gasteiger partial charge in [0, 0.05) is 12.6 Å². The fraction of sp³-hybridized carbons (Fsp3) is 0.500. The van der Waals surface area contributed by atoms with E-state index in [1.807, 2.05) is 35.7 Å². The normalized spacial score (nSPS) is 20.1. The second-order valence-electron chi connectivity index (χ2n) is 5.34. The minimum atomic E-state index is -0.144. The second-order valence-corrected chi connectivity index (χ2v) is 5.34. The maximum absolute atomic E-state index is 12.0. The molecule has 0 radical (unpaired) electrons. The predicted octanol–water partition coefficient (Wildman–Crippen LogP) is 0.906. The Balaban J connectivity index is 1.66. The number of carbonyl (C=O) groups is 1. The van der Waals surface area contributed by atoms with Crippen LogP contribution in [-0.2, 0) is 4.79 Å². The van der Waals surface area contributed by atoms with Gasteiger partial charge in [-0.3, -0.25) is 9.20 Å². The highest BCUT2D eigenvalue weighted by Gasteiger charge is 2.20. The van der Waals surface area contributed by atoms with Crippen molar-refractivity contribution in [2.45, 2.75) is 25.8 Å². The van der Waals surface area contributed by atoms with E-state index in [0.717, 1.165) is 31.0 Å². The Hall–Kier alpha value is -1.95. The van der Waals surface area contributed by atoms with Crippen molar-refractivity contribution >= 4 is 11.6 Å². The van der Waals surface area contributed by atoms with Gasteiger partial charge >= 0.3 is 0 Å². The molecule has 0 aliphatic carbocycles. The van der Waals surface area contributed by atoms with Crippen LogP contribution in [0.2, 0.25) is 0 Å². The fourth-order valence-corrected chi connectivity index (χ4v) is 2.67. The van der Waals surface area contributed by atoms with E-state index in [-0.39, 0.29) is 11.9 Å². The smallest absolute Gasteiger partial charge is 0.220 e. The van der Waals surface area contributed by atoms with Crippen molar-refractivity contribution in [3.05, 3.63) is 30.2 Å². The van der Waals surface area contributed by atoms with Crippen LogP contribution < -0.4 is 10.6 Å². The summed E-state index contributed by atoms with van der Waals surface area (Å²) in [5, 5.41) is 14.6. The zero-order valence-corrected chi connectivity index (χ0v) is 11.5. The third-order valence-electron chi connectivity index (χ3n) is 3.74. The molecule has 6 nitrogen and oxygen atoms in total. The molecule has 6 heteroatoms. The molecule has 1 saturated heterocycles. The van der Waals surface area contributed by atoms with Gasteiger partial charge in [-0.1, -0.05) is 6.07 Å². The van der Waals surface area contributed by atoms with Crippen molar-refractivity contribution in [3.63, 3.8) is 0 Å². The van der Waals surface area contributed by atoms with Crippen LogP contribution in [0.1, 0.15) is 31.6 Å². The molecule has 0 spiro atoms. The van der Waals surface area contributed by atoms with Crippen LogP contribution in [0.15, 0.2) is 24.4 Å². The Morgan fingerprint density at radius 1 is 1.55 bits per heavy atom. The fourth-order valence-electron chi connectivity index (χ4n) is 2.67. The Labute approximate surface area is 117 Å². The average Bonchev–Trinajstić information content (AvgIpc) is 3.07. The molecule has 1 amide bonds. The molecule has 20 heavy (non-hydrogen) atoms. The number of amides is 1. The number of pyridine rings is 1. The van der Waals surface area contributed by atoms with Crippen LogP contribution in [0.5, 0.6) is 0 Å². The highest BCUT2D eigenvalue weighted by Crippen LogP contribution is 2.15. The molecule has 3 rings (SSSR count). The molecule has 2 aromatic heterocycles. The number of hydrogen-bond acceptors (Lipinski definition) is 4. The van der Waals surface area contributed by atoms with Crippen molar-refractivity contribution < 1.29 is 4.79 Å². The summed E-state index contributed by atoms with van der Waals surface area (Å²) in [5.41, 5.74) is 0.795. The monoisotopic (exact) mass is 273 g/mol. The van der Waals surface area contributed by atoms with Crippen molar-refractivity contribution in [2.75, 3.05) is 13.1 Å². The van der Waals surface area contributed by atoms with Gasteiger partial charge in [-0.15, -0.1) is 10.2 Å². The van der Waals surface area contributed by atoms with E-state index in [0.29, 0.717) is 12.3 Å². The summed E-state index contributed by atoms with van der Waals surface area (Å²) in [6.45, 7) is 3.90. The molecule has 0 bridgehead atoms. The quantitative estimate of drug-likeness (QED) is 0.868. The number of hydrogen-bond donors (Lipinski definition) is 2. The Morgan fingerprint density at radius 2 is 2.45 bits per heavy atom. The summed E-state index contributed by atoms with van der Waals surface area (Å²) in [4.78, 5) is 12.0. The zero-order chi connectivity index (χ0) is 13.9. The molecule has 1 aliphatic rings. The van der Waals surface area contributed by atoms with Gasteiger partial charge in [0.25, 0.3) is 0 Å². The van der Waals surface area contributed by atoms with Crippen LogP contribution in [0, 0.1) is 5.92 Å². The first-order chi connectivity index (χ1) is 9.74. The molecular weight excluding hydrogens is 254 g/mol. The highest BCUT2D eigenvalue weighted by molar-refractivity contribution is 5.76. The lowest BCUT2D eigenvalue weighted by molar-refractivity contribution is -0.122. The molecule has 2 atom stereocenters. The van der Waals surface area contributed by atoms with Gasteiger partial charge < -0.3 is 10.6 Å². The molecule has 1 fully saturated rings. The van der Waals surface area contributed by atoms with Crippen molar-refractivity contribution in [1.29, 1.82) is 0 Å². The molecule has 0 aromatic carbocycles. The van der Waals surface area contributed by atoms with Crippen LogP contribution in [0.3, 0.4) is 0 Å². The molecule has 0 saturated carbocycles. The summed E-state index contributed by atoms with van der Waals surface area (Å²) in [6, 6.07) is 5.60. The second kappa shape index (κ2) is 5.58. The summed E-state index contributed by atoms with van der Waals surface area (Å²) in [7, 11) is 0. The maximum Gasteiger partial charge on any atom is 0.220 e. The Morgan fingerprint density at radius 3 is 3.25 bits per heavy atom. The van der Waals surface area contributed by atoms with E-state index in [4.69, 9.17) is 0 Å². The average molecular weight is 273 g/mol. The summed E-state index contributed by atoms with van der Waals surface area (Å²) >= 11 is 0. The number of rotatable bonds is 4. The third-order valence-corrected chi connectivity index (χ3v) is 3.74. The highest BCUT2D eigenvalue weighted by atomic mass is 16.1. The summed E-state index contributed by atoms with van der Waals surface area (Å²) in [6.07, 6.45) is 3.57. The number of nitrogens with zero attached hydrogens (tertiary/aromatic N) is 3. The molecule has 2 unspecified atom stereocenters. The van der Waals surface area contributed by atoms with E-state index in [2.05, 4.69) is 20.8 Å². The van der Waals surface area contributed by atoms with E-state index in [9.17, 15) is 4.79 Å². The maximum atomic E-state index is 12.0. The number of carbonyl (C=O) groups excluding carboxylic acids is 1. The lowest BCUT2D eigenvalue weighted by atomic mass is 10.0. The summed E-state index contributed by atoms with van der Waals surface area (Å²) in [5.74, 6) is 1.30. The molecule has 2 aromatic rings. The van der Waals surface area contributed by atoms with Crippen LogP contribution in [0.4, 0.5) is 0 Å². The predicted molar refractivity (Wildman–Crippen MR) is 75.1 cm³/mol. The zero-order valence-electron chi connectivity index (χ0n) is 11.5. The topological polar surface area (TPSA) is 71.3 Å². The molecule has 3 heterocycles. The number of fused-ring (bicyclic) bond motifs is 1. The van der Waals surface area contributed by atoms with Crippen LogP contribution in [-0.4, -0.2) is 33.6 Å². The molecule has 2 N–H and O–H groups in total. The SMILES string of the molecule is CC(NC(=O)CC1CCNC1)c1nnc2ccccn12. The number of nitrogens with one attached hydrogen (secondary N) is 2. The minimum Gasteiger partial charge on any atom is -0.346 e. The van der Waals surface area contributed by atoms with Gasteiger partial charge in [0.1, 0.15) is 0 Å². The molecule has 1 aliphatic heterocycles. The lowest BCUT2D eigenvalue weighted by Crippen LogP contribution is -2.30. The molecule has 106 valence electrons. The lowest BCUT2D eigenvalue weighted by Gasteiger charge is -2.14. The van der Waals surface area contributed by atoms with Gasteiger partial charge in [-0.2, -0.15) is 0 Å². The van der Waals surface area contributed by atoms with Crippen molar-refractivity contribution in [3.8, 4) is 0 Å². The van der Waals surface area contributed by atoms with Gasteiger partial charge in [0.15, 0.2) is 11.5 Å². The van der Waals surface area contributed by atoms with E-state index in [1.165, 1.54) is 0 Å². The van der Waals surface area contributed by atoms with E-state index < -0.39 is 0 Å². The van der Waals surface area contributed by atoms with Gasteiger partial charge in [-0.25, -0.2) is 0 Å². The first-order valence-electron chi connectivity index (χ1n) is 7.04. The summed E-state index contributed by atoms with van der Waals surface area (Å²) < 4.78 is 1.90. The first kappa shape index (κ1) is 13.1. The van der Waals surface area contributed by atoms with E-state index in [1.54, 1.807) is 0 Å². The van der Waals surface area contributed by atoms with Gasteiger partial charge in [0.2, 0.25) is 5.91 Å². The number of aromatic nitrogens is 3.